The standard InChI is InChI=1S/C11H6F3NO2.ClH/c12-11(13,14)9-4-2-6-5-7(10(16)17)1-3-8(6)15-9;/h1-5H,(H,16,17);1H. The van der Waals surface area contributed by atoms with Crippen LogP contribution in [0.5, 0.6) is 0 Å². The maximum absolute atomic E-state index is 12.4. The van der Waals surface area contributed by atoms with Gasteiger partial charge in [-0.1, -0.05) is 6.07 Å². The lowest BCUT2D eigenvalue weighted by Gasteiger charge is -2.06. The van der Waals surface area contributed by atoms with E-state index in [1.54, 1.807) is 0 Å². The first-order chi connectivity index (χ1) is 7.88. The van der Waals surface area contributed by atoms with Gasteiger partial charge < -0.3 is 5.11 Å². The van der Waals surface area contributed by atoms with E-state index in [1.807, 2.05) is 0 Å². The summed E-state index contributed by atoms with van der Waals surface area (Å²) in [6.07, 6.45) is -4.50. The van der Waals surface area contributed by atoms with Crippen LogP contribution in [0.4, 0.5) is 13.2 Å². The third kappa shape index (κ3) is 2.70. The molecule has 7 heteroatoms. The van der Waals surface area contributed by atoms with Crippen molar-refractivity contribution in [3.05, 3.63) is 41.6 Å². The van der Waals surface area contributed by atoms with Crippen LogP contribution in [0.2, 0.25) is 0 Å². The molecule has 3 nitrogen and oxygen atoms in total. The third-order valence-corrected chi connectivity index (χ3v) is 2.23. The van der Waals surface area contributed by atoms with Crippen molar-refractivity contribution in [3.8, 4) is 0 Å². The molecule has 0 spiro atoms. The highest BCUT2D eigenvalue weighted by atomic mass is 35.5. The van der Waals surface area contributed by atoms with Crippen LogP contribution < -0.4 is 0 Å². The van der Waals surface area contributed by atoms with Gasteiger partial charge in [-0.2, -0.15) is 13.2 Å². The van der Waals surface area contributed by atoms with E-state index in [4.69, 9.17) is 5.11 Å². The summed E-state index contributed by atoms with van der Waals surface area (Å²) in [7, 11) is 0. The molecule has 0 saturated carbocycles. The largest absolute Gasteiger partial charge is 0.478 e. The SMILES string of the molecule is Cl.O=C(O)c1ccc2nc(C(F)(F)F)ccc2c1. The Labute approximate surface area is 106 Å². The maximum atomic E-state index is 12.4. The lowest BCUT2D eigenvalue weighted by atomic mass is 10.1. The Morgan fingerprint density at radius 2 is 1.83 bits per heavy atom. The number of fused-ring (bicyclic) bond motifs is 1. The van der Waals surface area contributed by atoms with Crippen molar-refractivity contribution in [2.24, 2.45) is 0 Å². The Morgan fingerprint density at radius 1 is 1.17 bits per heavy atom. The molecule has 0 radical (unpaired) electrons. The minimum absolute atomic E-state index is 0. The zero-order valence-corrected chi connectivity index (χ0v) is 9.55. The fraction of sp³-hybridized carbons (Fsp3) is 0.0909. The number of aromatic nitrogens is 1. The second-order valence-corrected chi connectivity index (χ2v) is 3.41. The summed E-state index contributed by atoms with van der Waals surface area (Å²) in [4.78, 5) is 14.1. The molecule has 1 aromatic heterocycles. The van der Waals surface area contributed by atoms with Crippen molar-refractivity contribution in [1.82, 2.24) is 4.98 Å². The van der Waals surface area contributed by atoms with Gasteiger partial charge in [-0.15, -0.1) is 12.4 Å². The number of carbonyl (C=O) groups is 1. The molecule has 1 N–H and O–H groups in total. The molecular formula is C11H7ClF3NO2. The van der Waals surface area contributed by atoms with Gasteiger partial charge in [0.1, 0.15) is 5.69 Å². The number of benzene rings is 1. The molecule has 0 atom stereocenters. The van der Waals surface area contributed by atoms with E-state index in [0.717, 1.165) is 6.07 Å². The summed E-state index contributed by atoms with van der Waals surface area (Å²) < 4.78 is 37.1. The topological polar surface area (TPSA) is 50.2 Å². The molecule has 96 valence electrons. The van der Waals surface area contributed by atoms with Crippen LogP contribution in [0.25, 0.3) is 10.9 Å². The van der Waals surface area contributed by atoms with E-state index in [9.17, 15) is 18.0 Å². The first-order valence-electron chi connectivity index (χ1n) is 4.59. The molecular weight excluding hydrogens is 271 g/mol. The number of hydrogen-bond donors (Lipinski definition) is 1. The van der Waals surface area contributed by atoms with Crippen molar-refractivity contribution in [2.45, 2.75) is 6.18 Å². The van der Waals surface area contributed by atoms with Crippen LogP contribution in [0.1, 0.15) is 16.1 Å². The smallest absolute Gasteiger partial charge is 0.433 e. The van der Waals surface area contributed by atoms with Crippen LogP contribution in [0, 0.1) is 0 Å². The molecule has 2 aromatic rings. The quantitative estimate of drug-likeness (QED) is 0.869. The molecule has 0 unspecified atom stereocenters. The van der Waals surface area contributed by atoms with Gasteiger partial charge >= 0.3 is 12.1 Å². The fourth-order valence-electron chi connectivity index (χ4n) is 1.42. The van der Waals surface area contributed by atoms with Crippen molar-refractivity contribution in [2.75, 3.05) is 0 Å². The minimum atomic E-state index is -4.50. The minimum Gasteiger partial charge on any atom is -0.478 e. The number of carboxylic acids is 1. The summed E-state index contributed by atoms with van der Waals surface area (Å²) in [5.41, 5.74) is -0.864. The van der Waals surface area contributed by atoms with Gasteiger partial charge in [0.2, 0.25) is 0 Å². The first kappa shape index (κ1) is 14.2. The number of alkyl halides is 3. The van der Waals surface area contributed by atoms with Crippen LogP contribution in [0.3, 0.4) is 0 Å². The molecule has 0 aliphatic rings. The van der Waals surface area contributed by atoms with E-state index in [1.165, 1.54) is 24.3 Å². The zero-order valence-electron chi connectivity index (χ0n) is 8.73. The van der Waals surface area contributed by atoms with Crippen LogP contribution >= 0.6 is 12.4 Å². The van der Waals surface area contributed by atoms with E-state index < -0.39 is 17.8 Å². The van der Waals surface area contributed by atoms with Gasteiger partial charge in [0.05, 0.1) is 11.1 Å². The molecule has 2 rings (SSSR count). The first-order valence-corrected chi connectivity index (χ1v) is 4.59. The normalized spacial score (nSPS) is 11.1. The maximum Gasteiger partial charge on any atom is 0.433 e. The summed E-state index contributed by atoms with van der Waals surface area (Å²) >= 11 is 0. The number of aromatic carboxylic acids is 1. The van der Waals surface area contributed by atoms with E-state index in [-0.39, 0.29) is 23.5 Å². The molecule has 0 saturated heterocycles. The van der Waals surface area contributed by atoms with Gasteiger partial charge in [0.25, 0.3) is 0 Å². The number of hydrogen-bond acceptors (Lipinski definition) is 2. The zero-order chi connectivity index (χ0) is 12.6. The molecule has 0 aliphatic heterocycles. The molecule has 0 bridgehead atoms. The van der Waals surface area contributed by atoms with Crippen LogP contribution in [0.15, 0.2) is 30.3 Å². The van der Waals surface area contributed by atoms with Gasteiger partial charge in [-0.3, -0.25) is 0 Å². The number of halogens is 4. The monoisotopic (exact) mass is 277 g/mol. The molecule has 0 amide bonds. The highest BCUT2D eigenvalue weighted by Gasteiger charge is 2.32. The number of pyridine rings is 1. The second-order valence-electron chi connectivity index (χ2n) is 3.41. The van der Waals surface area contributed by atoms with Crippen molar-refractivity contribution < 1.29 is 23.1 Å². The highest BCUT2D eigenvalue weighted by molar-refractivity contribution is 5.93. The number of nitrogens with zero attached hydrogens (tertiary/aromatic N) is 1. The summed E-state index contributed by atoms with van der Waals surface area (Å²) in [5, 5.41) is 9.09. The van der Waals surface area contributed by atoms with E-state index in [0.29, 0.717) is 5.39 Å². The van der Waals surface area contributed by atoms with Gasteiger partial charge in [-0.05, 0) is 24.3 Å². The predicted molar refractivity (Wildman–Crippen MR) is 61.0 cm³/mol. The van der Waals surface area contributed by atoms with Crippen LogP contribution in [-0.4, -0.2) is 16.1 Å². The summed E-state index contributed by atoms with van der Waals surface area (Å²) in [6.45, 7) is 0. The van der Waals surface area contributed by atoms with Crippen molar-refractivity contribution >= 4 is 29.3 Å². The summed E-state index contributed by atoms with van der Waals surface area (Å²) in [6, 6.07) is 5.79. The number of rotatable bonds is 1. The average Bonchev–Trinajstić information content (AvgIpc) is 2.26. The van der Waals surface area contributed by atoms with Crippen LogP contribution in [-0.2, 0) is 6.18 Å². The van der Waals surface area contributed by atoms with Gasteiger partial charge in [0, 0.05) is 5.39 Å². The van der Waals surface area contributed by atoms with E-state index in [2.05, 4.69) is 4.98 Å². The Kier molecular flexibility index (Phi) is 3.81. The lowest BCUT2D eigenvalue weighted by Crippen LogP contribution is -2.07. The third-order valence-electron chi connectivity index (χ3n) is 2.23. The molecule has 18 heavy (non-hydrogen) atoms. The fourth-order valence-corrected chi connectivity index (χ4v) is 1.42. The van der Waals surface area contributed by atoms with Crippen molar-refractivity contribution in [3.63, 3.8) is 0 Å². The second kappa shape index (κ2) is 4.81. The molecule has 1 heterocycles. The molecule has 0 fully saturated rings. The Balaban J connectivity index is 0.00000162. The Morgan fingerprint density at radius 3 is 2.39 bits per heavy atom. The van der Waals surface area contributed by atoms with Crippen molar-refractivity contribution in [1.29, 1.82) is 0 Å². The molecule has 0 aliphatic carbocycles. The lowest BCUT2D eigenvalue weighted by molar-refractivity contribution is -0.140. The average molecular weight is 278 g/mol. The summed E-state index contributed by atoms with van der Waals surface area (Å²) in [5.74, 6) is -1.13. The Hall–Kier alpha value is -1.82. The van der Waals surface area contributed by atoms with Gasteiger partial charge in [-0.25, -0.2) is 9.78 Å². The Bertz CT molecular complexity index is 598. The van der Waals surface area contributed by atoms with Gasteiger partial charge in [0.15, 0.2) is 0 Å². The number of carboxylic acid groups (broad SMARTS) is 1. The van der Waals surface area contributed by atoms with E-state index >= 15 is 0 Å². The molecule has 1 aromatic carbocycles. The highest BCUT2D eigenvalue weighted by Crippen LogP contribution is 2.29. The predicted octanol–water partition coefficient (Wildman–Crippen LogP) is 3.37.